The maximum absolute atomic E-state index is 11.7. The molecule has 0 aromatic rings. The minimum atomic E-state index is -2.39. The summed E-state index contributed by atoms with van der Waals surface area (Å²) in [5.74, 6) is -1.38. The van der Waals surface area contributed by atoms with Gasteiger partial charge >= 0.3 is 0 Å². The van der Waals surface area contributed by atoms with Crippen molar-refractivity contribution in [3.05, 3.63) is 12.2 Å². The van der Waals surface area contributed by atoms with Gasteiger partial charge in [0.2, 0.25) is 0 Å². The van der Waals surface area contributed by atoms with E-state index in [1.807, 2.05) is 0 Å². The normalized spacial score (nSPS) is 64.6. The predicted molar refractivity (Wildman–Crippen MR) is 126 cm³/mol. The van der Waals surface area contributed by atoms with Gasteiger partial charge in [-0.25, -0.2) is 0 Å². The van der Waals surface area contributed by atoms with Crippen LogP contribution in [-0.2, 0) is 9.47 Å². The third-order valence-corrected chi connectivity index (χ3v) is 12.2. The molecule has 9 heteroatoms. The van der Waals surface area contributed by atoms with Gasteiger partial charge in [0.15, 0.2) is 5.79 Å². The first kappa shape index (κ1) is 25.6. The Morgan fingerprint density at radius 3 is 2.17 bits per heavy atom. The van der Waals surface area contributed by atoms with Crippen LogP contribution in [0.5, 0.6) is 0 Å². The molecule has 2 saturated heterocycles. The van der Waals surface area contributed by atoms with Crippen molar-refractivity contribution in [1.82, 2.24) is 0 Å². The summed E-state index contributed by atoms with van der Waals surface area (Å²) in [6.07, 6.45) is -6.77. The zero-order chi connectivity index (χ0) is 26.2. The fourth-order valence-electron chi connectivity index (χ4n) is 10.3. The van der Waals surface area contributed by atoms with Crippen molar-refractivity contribution in [2.75, 3.05) is 6.61 Å². The van der Waals surface area contributed by atoms with E-state index in [1.54, 1.807) is 6.92 Å². The quantitative estimate of drug-likeness (QED) is 0.217. The van der Waals surface area contributed by atoms with Crippen molar-refractivity contribution >= 4 is 0 Å². The van der Waals surface area contributed by atoms with Gasteiger partial charge < -0.3 is 45.2 Å². The first-order chi connectivity index (χ1) is 16.8. The number of hydrogen-bond acceptors (Lipinski definition) is 9. The molecule has 1 spiro atoms. The number of hydrogen-bond donors (Lipinski definition) is 7. The third kappa shape index (κ3) is 2.72. The van der Waals surface area contributed by atoms with E-state index in [1.165, 1.54) is 0 Å². The van der Waals surface area contributed by atoms with Crippen molar-refractivity contribution in [1.29, 1.82) is 0 Å². The lowest BCUT2D eigenvalue weighted by Crippen LogP contribution is -2.83. The highest BCUT2D eigenvalue weighted by Gasteiger charge is 2.78. The van der Waals surface area contributed by atoms with Crippen LogP contribution >= 0.6 is 0 Å². The van der Waals surface area contributed by atoms with Gasteiger partial charge in [0.25, 0.3) is 0 Å². The second-order valence-electron chi connectivity index (χ2n) is 13.3. The average Bonchev–Trinajstić information content (AvgIpc) is 3.29. The van der Waals surface area contributed by atoms with E-state index >= 15 is 0 Å². The number of aliphatic hydroxyl groups is 7. The maximum Gasteiger partial charge on any atom is 0.172 e. The van der Waals surface area contributed by atoms with E-state index in [9.17, 15) is 35.7 Å². The Bertz CT molecular complexity index is 932. The topological polar surface area (TPSA) is 160 Å². The summed E-state index contributed by atoms with van der Waals surface area (Å²) < 4.78 is 12.9. The van der Waals surface area contributed by atoms with Gasteiger partial charge in [-0.3, -0.25) is 0 Å². The Balaban J connectivity index is 1.37. The van der Waals surface area contributed by atoms with Crippen LogP contribution in [0.4, 0.5) is 0 Å². The Kier molecular flexibility index (Phi) is 5.51. The van der Waals surface area contributed by atoms with E-state index in [0.29, 0.717) is 19.4 Å². The predicted octanol–water partition coefficient (Wildman–Crippen LogP) is -0.317. The number of aliphatic hydroxyl groups excluding tert-OH is 6. The molecule has 4 saturated carbocycles. The first-order valence-corrected chi connectivity index (χ1v) is 13.5. The van der Waals surface area contributed by atoms with Gasteiger partial charge in [-0.15, -0.1) is 0 Å². The summed E-state index contributed by atoms with van der Waals surface area (Å²) in [6.45, 7) is 10.5. The minimum absolute atomic E-state index is 0.0658. The molecule has 2 heterocycles. The van der Waals surface area contributed by atoms with Gasteiger partial charge in [-0.1, -0.05) is 32.9 Å². The van der Waals surface area contributed by atoms with Gasteiger partial charge in [0.05, 0.1) is 24.9 Å². The van der Waals surface area contributed by atoms with Crippen LogP contribution in [0.25, 0.3) is 0 Å². The SMILES string of the molecule is C=C1CC[C@@]2(OC1)O[C@H]1C[C@H]3[C@@H]4[C@@H](O)[C@@H](O)[C@]5(O)[C@@H](O)[C@@H](O)[C@@H](O)[C@@H](O)[C@]5(C)[C@H]4CC[C@]3(C)[C@H]1[C@@H]2C. The summed E-state index contributed by atoms with van der Waals surface area (Å²) in [5.41, 5.74) is -3.10. The monoisotopic (exact) mass is 510 g/mol. The van der Waals surface area contributed by atoms with Gasteiger partial charge in [0.1, 0.15) is 30.0 Å². The zero-order valence-electron chi connectivity index (χ0n) is 21.3. The number of rotatable bonds is 0. The van der Waals surface area contributed by atoms with Crippen LogP contribution < -0.4 is 0 Å². The summed E-state index contributed by atoms with van der Waals surface area (Å²) >= 11 is 0. The van der Waals surface area contributed by atoms with Crippen molar-refractivity contribution in [3.63, 3.8) is 0 Å². The van der Waals surface area contributed by atoms with Crippen LogP contribution in [0.1, 0.15) is 52.9 Å². The van der Waals surface area contributed by atoms with Crippen LogP contribution in [-0.4, -0.2) is 96.5 Å². The van der Waals surface area contributed by atoms with E-state index in [-0.39, 0.29) is 29.3 Å². The molecule has 0 aromatic heterocycles. The van der Waals surface area contributed by atoms with E-state index in [2.05, 4.69) is 20.4 Å². The van der Waals surface area contributed by atoms with Gasteiger partial charge in [-0.05, 0) is 54.8 Å². The summed E-state index contributed by atoms with van der Waals surface area (Å²) in [4.78, 5) is 0. The second kappa shape index (κ2) is 7.73. The van der Waals surface area contributed by atoms with E-state index < -0.39 is 65.3 Å². The van der Waals surface area contributed by atoms with E-state index in [0.717, 1.165) is 24.8 Å². The lowest BCUT2D eigenvalue weighted by molar-refractivity contribution is -0.367. The molecule has 36 heavy (non-hydrogen) atoms. The average molecular weight is 511 g/mol. The fraction of sp³-hybridized carbons (Fsp3) is 0.926. The molecule has 0 radical (unpaired) electrons. The molecule has 4 aliphatic carbocycles. The lowest BCUT2D eigenvalue weighted by Gasteiger charge is -2.69. The maximum atomic E-state index is 11.7. The Hall–Kier alpha value is -0.620. The molecule has 0 bridgehead atoms. The molecule has 6 fully saturated rings. The van der Waals surface area contributed by atoms with Crippen LogP contribution in [0.3, 0.4) is 0 Å². The van der Waals surface area contributed by atoms with Gasteiger partial charge in [0, 0.05) is 17.8 Å². The molecule has 0 unspecified atom stereocenters. The number of fused-ring (bicyclic) bond motifs is 7. The van der Waals surface area contributed by atoms with Gasteiger partial charge in [-0.2, -0.15) is 0 Å². The lowest BCUT2D eigenvalue weighted by atomic mass is 9.40. The number of ether oxygens (including phenoxy) is 2. The fourth-order valence-corrected chi connectivity index (χ4v) is 10.3. The largest absolute Gasteiger partial charge is 0.390 e. The second-order valence-corrected chi connectivity index (χ2v) is 13.3. The standard InChI is InChI=1S/C27H42O9/c1-11-5-8-26(35-10-11)12(2)17-15(36-26)9-14-16-13(6-7-24(14,17)3)25(4)21(31)19(29)20(30)23(33)27(25,34)22(32)18(16)28/h12-23,28-34H,1,5-10H2,2-4H3/t12-,13-,14-,15-,16+,17-,18+,19+,20-,21+,22+,23-,24-,25-,26+,27-/m0/s1. The molecule has 204 valence electrons. The van der Waals surface area contributed by atoms with Crippen LogP contribution in [0.2, 0.25) is 0 Å². The highest BCUT2D eigenvalue weighted by molar-refractivity contribution is 5.27. The van der Waals surface area contributed by atoms with Crippen molar-refractivity contribution in [3.8, 4) is 0 Å². The summed E-state index contributed by atoms with van der Waals surface area (Å²) in [7, 11) is 0. The van der Waals surface area contributed by atoms with E-state index in [4.69, 9.17) is 9.47 Å². The minimum Gasteiger partial charge on any atom is -0.390 e. The Labute approximate surface area is 211 Å². The van der Waals surface area contributed by atoms with Crippen LogP contribution in [0.15, 0.2) is 12.2 Å². The van der Waals surface area contributed by atoms with Crippen molar-refractivity contribution in [2.24, 2.45) is 40.4 Å². The molecular weight excluding hydrogens is 468 g/mol. The first-order valence-electron chi connectivity index (χ1n) is 13.5. The molecule has 0 aromatic carbocycles. The molecule has 6 aliphatic rings. The summed E-state index contributed by atoms with van der Waals surface area (Å²) in [5, 5.41) is 77.5. The molecule has 9 nitrogen and oxygen atoms in total. The molecular formula is C27H42O9. The highest BCUT2D eigenvalue weighted by Crippen LogP contribution is 2.71. The Morgan fingerprint density at radius 1 is 0.889 bits per heavy atom. The molecule has 0 amide bonds. The Morgan fingerprint density at radius 2 is 1.53 bits per heavy atom. The molecule has 2 aliphatic heterocycles. The highest BCUT2D eigenvalue weighted by atomic mass is 16.7. The van der Waals surface area contributed by atoms with Crippen LogP contribution in [0, 0.1) is 40.4 Å². The van der Waals surface area contributed by atoms with Crippen molar-refractivity contribution < 1.29 is 45.2 Å². The van der Waals surface area contributed by atoms with Crippen molar-refractivity contribution in [2.45, 2.75) is 107 Å². The molecule has 7 N–H and O–H groups in total. The molecule has 16 atom stereocenters. The summed E-state index contributed by atoms with van der Waals surface area (Å²) in [6, 6.07) is 0. The molecule has 6 rings (SSSR count). The zero-order valence-corrected chi connectivity index (χ0v) is 21.3. The third-order valence-electron chi connectivity index (χ3n) is 12.2. The smallest absolute Gasteiger partial charge is 0.172 e.